The van der Waals surface area contributed by atoms with Crippen LogP contribution in [0.15, 0.2) is 53.7 Å². The van der Waals surface area contributed by atoms with Gasteiger partial charge in [-0.1, -0.05) is 60.6 Å². The first-order valence-corrected chi connectivity index (χ1v) is 9.72. The number of aromatic nitrogens is 3. The monoisotopic (exact) mass is 382 g/mol. The third-order valence-electron chi connectivity index (χ3n) is 4.41. The highest BCUT2D eigenvalue weighted by molar-refractivity contribution is 7.99. The molecule has 6 nitrogen and oxygen atoms in total. The summed E-state index contributed by atoms with van der Waals surface area (Å²) in [5.41, 5.74) is 4.25. The second-order valence-corrected chi connectivity index (χ2v) is 7.59. The molecule has 0 aliphatic rings. The Bertz CT molecular complexity index is 920. The van der Waals surface area contributed by atoms with Crippen LogP contribution in [0.2, 0.25) is 0 Å². The van der Waals surface area contributed by atoms with Crippen LogP contribution < -0.4 is 0 Å². The predicted octanol–water partition coefficient (Wildman–Crippen LogP) is 4.56. The van der Waals surface area contributed by atoms with Crippen molar-refractivity contribution in [1.29, 1.82) is 0 Å². The molecule has 1 aromatic heterocycles. The van der Waals surface area contributed by atoms with Gasteiger partial charge in [0.05, 0.1) is 0 Å². The summed E-state index contributed by atoms with van der Waals surface area (Å²) in [6, 6.07) is 16.1. The molecule has 0 aliphatic heterocycles. The summed E-state index contributed by atoms with van der Waals surface area (Å²) < 4.78 is 1.94. The number of aryl methyl sites for hydroxylation is 3. The van der Waals surface area contributed by atoms with Crippen LogP contribution in [0.25, 0.3) is 5.69 Å². The number of rotatable bonds is 7. The van der Waals surface area contributed by atoms with E-state index >= 15 is 0 Å². The average molecular weight is 382 g/mol. The molecule has 0 N–H and O–H groups in total. The molecule has 0 fully saturated rings. The van der Waals surface area contributed by atoms with Gasteiger partial charge in [-0.05, 0) is 43.5 Å². The minimum atomic E-state index is -0.335. The molecule has 0 aliphatic carbocycles. The quantitative estimate of drug-likeness (QED) is 0.340. The van der Waals surface area contributed by atoms with Crippen LogP contribution >= 0.6 is 11.8 Å². The molecule has 140 valence electrons. The summed E-state index contributed by atoms with van der Waals surface area (Å²) in [7, 11) is 0. The largest absolute Gasteiger partial charge is 0.274 e. The predicted molar refractivity (Wildman–Crippen MR) is 107 cm³/mol. The molecule has 3 rings (SSSR count). The highest BCUT2D eigenvalue weighted by Crippen LogP contribution is 2.36. The molecule has 27 heavy (non-hydrogen) atoms. The van der Waals surface area contributed by atoms with E-state index in [9.17, 15) is 10.1 Å². The molecule has 0 spiro atoms. The molecule has 3 aromatic rings. The zero-order chi connectivity index (χ0) is 19.4. The van der Waals surface area contributed by atoms with Gasteiger partial charge in [-0.2, -0.15) is 0 Å². The number of nitro groups is 1. The molecular formula is C20H22N4O2S. The Morgan fingerprint density at radius 2 is 1.74 bits per heavy atom. The first-order chi connectivity index (χ1) is 13.0. The van der Waals surface area contributed by atoms with E-state index in [0.29, 0.717) is 5.16 Å². The van der Waals surface area contributed by atoms with Crippen molar-refractivity contribution in [3.05, 3.63) is 81.2 Å². The Morgan fingerprint density at radius 3 is 2.33 bits per heavy atom. The standard InChI is InChI=1S/C20H22N4O2S/c1-4-16-7-9-17(10-8-16)19(13-23(25)26)27-20-22-21-15(3)24(20)18-11-5-14(2)6-12-18/h5-12,19H,4,13H2,1-3H3/t19-/m1/s1. The Morgan fingerprint density at radius 1 is 1.07 bits per heavy atom. The van der Waals surface area contributed by atoms with E-state index in [4.69, 9.17) is 0 Å². The van der Waals surface area contributed by atoms with Gasteiger partial charge in [0.15, 0.2) is 5.16 Å². The van der Waals surface area contributed by atoms with E-state index in [1.165, 1.54) is 22.9 Å². The molecular weight excluding hydrogens is 360 g/mol. The third kappa shape index (κ3) is 4.54. The van der Waals surface area contributed by atoms with E-state index in [0.717, 1.165) is 23.5 Å². The molecule has 0 saturated carbocycles. The SMILES string of the molecule is CCc1ccc([C@@H](C[N+](=O)[O-])Sc2nnc(C)n2-c2ccc(C)cc2)cc1. The molecule has 0 unspecified atom stereocenters. The van der Waals surface area contributed by atoms with Crippen molar-refractivity contribution >= 4 is 11.8 Å². The fourth-order valence-electron chi connectivity index (χ4n) is 2.85. The van der Waals surface area contributed by atoms with Gasteiger partial charge in [0.1, 0.15) is 11.1 Å². The Hall–Kier alpha value is -2.67. The van der Waals surface area contributed by atoms with Gasteiger partial charge < -0.3 is 0 Å². The zero-order valence-electron chi connectivity index (χ0n) is 15.6. The molecule has 0 bridgehead atoms. The number of nitrogens with zero attached hydrogens (tertiary/aromatic N) is 4. The molecule has 0 amide bonds. The molecule has 1 heterocycles. The highest BCUT2D eigenvalue weighted by atomic mass is 32.2. The lowest BCUT2D eigenvalue weighted by atomic mass is 10.1. The van der Waals surface area contributed by atoms with Gasteiger partial charge in [0.25, 0.3) is 0 Å². The number of benzene rings is 2. The summed E-state index contributed by atoms with van der Waals surface area (Å²) in [4.78, 5) is 11.0. The number of thioether (sulfide) groups is 1. The fraction of sp³-hybridized carbons (Fsp3) is 0.300. The second kappa shape index (κ2) is 8.35. The first kappa shape index (κ1) is 19.1. The summed E-state index contributed by atoms with van der Waals surface area (Å²) >= 11 is 1.38. The smallest absolute Gasteiger partial charge is 0.220 e. The second-order valence-electron chi connectivity index (χ2n) is 6.42. The lowest BCUT2D eigenvalue weighted by molar-refractivity contribution is -0.479. The van der Waals surface area contributed by atoms with Crippen LogP contribution in [0.5, 0.6) is 0 Å². The topological polar surface area (TPSA) is 73.8 Å². The summed E-state index contributed by atoms with van der Waals surface area (Å²) in [6.07, 6.45) is 0.939. The van der Waals surface area contributed by atoms with Crippen molar-refractivity contribution in [2.75, 3.05) is 6.54 Å². The van der Waals surface area contributed by atoms with Crippen molar-refractivity contribution in [2.24, 2.45) is 0 Å². The average Bonchev–Trinajstić information content (AvgIpc) is 3.02. The van der Waals surface area contributed by atoms with Crippen molar-refractivity contribution in [3.63, 3.8) is 0 Å². The van der Waals surface area contributed by atoms with E-state index in [-0.39, 0.29) is 16.7 Å². The van der Waals surface area contributed by atoms with Crippen LogP contribution in [0.3, 0.4) is 0 Å². The minimum Gasteiger partial charge on any atom is -0.274 e. The number of hydrogen-bond donors (Lipinski definition) is 0. The van der Waals surface area contributed by atoms with Gasteiger partial charge in [0, 0.05) is 10.6 Å². The molecule has 0 saturated heterocycles. The van der Waals surface area contributed by atoms with Crippen LogP contribution in [0.4, 0.5) is 0 Å². The normalized spacial score (nSPS) is 12.1. The minimum absolute atomic E-state index is 0.171. The van der Waals surface area contributed by atoms with Gasteiger partial charge >= 0.3 is 0 Å². The van der Waals surface area contributed by atoms with Gasteiger partial charge in [-0.25, -0.2) is 0 Å². The summed E-state index contributed by atoms with van der Waals surface area (Å²) in [6.45, 7) is 5.84. The summed E-state index contributed by atoms with van der Waals surface area (Å²) in [5, 5.41) is 20.0. The van der Waals surface area contributed by atoms with Crippen molar-refractivity contribution in [2.45, 2.75) is 37.6 Å². The summed E-state index contributed by atoms with van der Waals surface area (Å²) in [5.74, 6) is 0.752. The maximum absolute atomic E-state index is 11.2. The molecule has 2 aromatic carbocycles. The highest BCUT2D eigenvalue weighted by Gasteiger charge is 2.23. The zero-order valence-corrected chi connectivity index (χ0v) is 16.4. The maximum Gasteiger partial charge on any atom is 0.220 e. The number of hydrogen-bond acceptors (Lipinski definition) is 5. The first-order valence-electron chi connectivity index (χ1n) is 8.84. The lowest BCUT2D eigenvalue weighted by Crippen LogP contribution is -2.11. The van der Waals surface area contributed by atoms with Crippen LogP contribution in [-0.2, 0) is 6.42 Å². The third-order valence-corrected chi connectivity index (χ3v) is 5.59. The van der Waals surface area contributed by atoms with E-state index < -0.39 is 0 Å². The van der Waals surface area contributed by atoms with Crippen LogP contribution in [0.1, 0.15) is 34.7 Å². The van der Waals surface area contributed by atoms with Crippen LogP contribution in [-0.4, -0.2) is 26.2 Å². The lowest BCUT2D eigenvalue weighted by Gasteiger charge is -2.14. The van der Waals surface area contributed by atoms with Crippen molar-refractivity contribution < 1.29 is 4.92 Å². The fourth-order valence-corrected chi connectivity index (χ4v) is 4.03. The van der Waals surface area contributed by atoms with E-state index in [1.54, 1.807) is 0 Å². The van der Waals surface area contributed by atoms with Gasteiger partial charge in [-0.15, -0.1) is 10.2 Å². The van der Waals surface area contributed by atoms with E-state index in [1.807, 2.05) is 66.9 Å². The molecule has 0 radical (unpaired) electrons. The van der Waals surface area contributed by atoms with Crippen molar-refractivity contribution in [3.8, 4) is 5.69 Å². The Labute approximate surface area is 162 Å². The maximum atomic E-state index is 11.2. The molecule has 7 heteroatoms. The van der Waals surface area contributed by atoms with Gasteiger partial charge in [-0.3, -0.25) is 14.7 Å². The molecule has 1 atom stereocenters. The van der Waals surface area contributed by atoms with Crippen LogP contribution in [0, 0.1) is 24.0 Å². The Balaban J connectivity index is 1.94. The Kier molecular flexibility index (Phi) is 5.91. The van der Waals surface area contributed by atoms with E-state index in [2.05, 4.69) is 17.1 Å². The van der Waals surface area contributed by atoms with Gasteiger partial charge in [0.2, 0.25) is 6.54 Å². The van der Waals surface area contributed by atoms with Crippen molar-refractivity contribution in [1.82, 2.24) is 14.8 Å².